The van der Waals surface area contributed by atoms with E-state index in [1.165, 1.54) is 0 Å². The van der Waals surface area contributed by atoms with Gasteiger partial charge in [-0.1, -0.05) is 60.7 Å². The van der Waals surface area contributed by atoms with Crippen molar-refractivity contribution in [1.29, 1.82) is 0 Å². The molecule has 1 fully saturated rings. The fourth-order valence-corrected chi connectivity index (χ4v) is 2.56. The predicted molar refractivity (Wildman–Crippen MR) is 102 cm³/mol. The topological polar surface area (TPSA) is 98.4 Å². The van der Waals surface area contributed by atoms with E-state index in [-0.39, 0.29) is 17.1 Å². The molecular weight excluding hydrogens is 421 g/mol. The van der Waals surface area contributed by atoms with Gasteiger partial charge in [-0.2, -0.15) is 0 Å². The summed E-state index contributed by atoms with van der Waals surface area (Å²) in [6.45, 7) is 13.5. The van der Waals surface area contributed by atoms with Crippen molar-refractivity contribution >= 4 is 0 Å². The summed E-state index contributed by atoms with van der Waals surface area (Å²) in [5.41, 5.74) is 3.64. The third kappa shape index (κ3) is 7.22. The van der Waals surface area contributed by atoms with E-state index in [9.17, 15) is 0 Å². The Labute approximate surface area is 186 Å². The molecular formula is C23H14MnN3O3. The van der Waals surface area contributed by atoms with Crippen LogP contribution in [-0.4, -0.2) is 15.2 Å². The summed E-state index contributed by atoms with van der Waals surface area (Å²) in [4.78, 5) is 4.79. The van der Waals surface area contributed by atoms with Crippen LogP contribution in [0.25, 0.3) is 22.6 Å². The van der Waals surface area contributed by atoms with Crippen molar-refractivity contribution in [3.05, 3.63) is 118 Å². The van der Waals surface area contributed by atoms with Gasteiger partial charge < -0.3 is 0 Å². The minimum atomic E-state index is 0. The molecule has 0 saturated heterocycles. The third-order valence-corrected chi connectivity index (χ3v) is 3.70. The Balaban J connectivity index is 0.00000111. The first-order valence-corrected chi connectivity index (χ1v) is 8.11. The van der Waals surface area contributed by atoms with Gasteiger partial charge in [0.25, 0.3) is 0 Å². The second-order valence-corrected chi connectivity index (χ2v) is 5.24. The number of rotatable bonds is 3. The van der Waals surface area contributed by atoms with Crippen molar-refractivity contribution in [3.8, 4) is 22.6 Å². The van der Waals surface area contributed by atoms with Crippen molar-refractivity contribution in [3.63, 3.8) is 0 Å². The van der Waals surface area contributed by atoms with Gasteiger partial charge in [0, 0.05) is 34.1 Å². The molecule has 1 saturated carbocycles. The molecule has 6 radical (unpaired) electrons. The van der Waals surface area contributed by atoms with E-state index in [2.05, 4.69) is 30.1 Å². The van der Waals surface area contributed by atoms with Crippen LogP contribution in [0.2, 0.25) is 0 Å². The van der Waals surface area contributed by atoms with Crippen LogP contribution in [0.1, 0.15) is 5.69 Å². The normalized spacial score (nSPS) is 11.7. The van der Waals surface area contributed by atoms with E-state index < -0.39 is 0 Å². The molecule has 3 aromatic rings. The molecule has 0 N–H and O–H groups in total. The summed E-state index contributed by atoms with van der Waals surface area (Å²) >= 11 is 0. The number of benzene rings is 2. The number of nitrogens with zero attached hydrogens (tertiary/aromatic N) is 3. The van der Waals surface area contributed by atoms with Crippen LogP contribution in [0.4, 0.5) is 0 Å². The van der Waals surface area contributed by atoms with Crippen molar-refractivity contribution < 1.29 is 31.0 Å². The molecule has 1 aromatic heterocycles. The first kappa shape index (κ1) is 27.2. The van der Waals surface area contributed by atoms with Gasteiger partial charge in [-0.15, -0.1) is 10.2 Å². The number of aromatic nitrogens is 3. The molecule has 4 rings (SSSR count). The zero-order chi connectivity index (χ0) is 21.5. The molecule has 1 aliphatic rings. The largest absolute Gasteiger partial charge is 0.229 e. The Kier molecular flexibility index (Phi) is 14.5. The fraction of sp³-hybridized carbons (Fsp3) is 0. The summed E-state index contributed by atoms with van der Waals surface area (Å²) in [5, 5.41) is 8.80. The van der Waals surface area contributed by atoms with E-state index in [0.717, 1.165) is 28.4 Å². The average molecular weight is 435 g/mol. The van der Waals surface area contributed by atoms with Crippen LogP contribution >= 0.6 is 0 Å². The maximum atomic E-state index is 7.50. The molecule has 0 spiro atoms. The quantitative estimate of drug-likeness (QED) is 0.355. The molecule has 146 valence electrons. The van der Waals surface area contributed by atoms with Gasteiger partial charge >= 0.3 is 33.9 Å². The Morgan fingerprint density at radius 2 is 1.03 bits per heavy atom. The molecule has 30 heavy (non-hydrogen) atoms. The van der Waals surface area contributed by atoms with Gasteiger partial charge in [0.2, 0.25) is 0 Å². The molecule has 6 nitrogen and oxygen atoms in total. The molecule has 0 unspecified atom stereocenters. The van der Waals surface area contributed by atoms with E-state index in [0.29, 0.717) is 5.82 Å². The second kappa shape index (κ2) is 16.0. The van der Waals surface area contributed by atoms with Crippen molar-refractivity contribution in [2.75, 3.05) is 0 Å². The molecule has 0 aliphatic heterocycles. The Morgan fingerprint density at radius 1 is 0.567 bits per heavy atom. The van der Waals surface area contributed by atoms with Gasteiger partial charge in [-0.05, 0) is 25.7 Å². The summed E-state index contributed by atoms with van der Waals surface area (Å²) in [5.74, 6) is 1.69. The minimum Gasteiger partial charge on any atom is -0.229 e. The SMILES string of the molecule is [C-]#[O+].[C-]#[O+].[C-]#[O+].[CH]1[CH][CH][C](c2nc(-c3ccccc3)nnc2-c2ccccc2)[CH]1.[Mn]. The molecule has 1 aliphatic carbocycles. The van der Waals surface area contributed by atoms with Crippen LogP contribution in [0.3, 0.4) is 0 Å². The van der Waals surface area contributed by atoms with Crippen molar-refractivity contribution in [2.45, 2.75) is 0 Å². The van der Waals surface area contributed by atoms with Crippen LogP contribution in [-0.2, 0) is 31.0 Å². The summed E-state index contributed by atoms with van der Waals surface area (Å²) in [7, 11) is 0. The predicted octanol–water partition coefficient (Wildman–Crippen LogP) is 3.84. The molecule has 7 heteroatoms. The van der Waals surface area contributed by atoms with Crippen molar-refractivity contribution in [2.24, 2.45) is 0 Å². The van der Waals surface area contributed by atoms with Gasteiger partial charge in [-0.3, -0.25) is 0 Å². The second-order valence-electron chi connectivity index (χ2n) is 5.24. The average Bonchev–Trinajstić information content (AvgIpc) is 3.39. The molecule has 0 amide bonds. The Hall–Kier alpha value is -2.81. The third-order valence-electron chi connectivity index (χ3n) is 3.70. The first-order chi connectivity index (χ1) is 14.4. The monoisotopic (exact) mass is 435 g/mol. The number of hydrogen-bond acceptors (Lipinski definition) is 3. The van der Waals surface area contributed by atoms with Gasteiger partial charge in [0.05, 0.1) is 5.69 Å². The zero-order valence-corrected chi connectivity index (χ0v) is 16.7. The maximum absolute atomic E-state index is 7.50. The van der Waals surface area contributed by atoms with Crippen LogP contribution < -0.4 is 0 Å². The molecule has 0 bridgehead atoms. The summed E-state index contributed by atoms with van der Waals surface area (Å²) < 4.78 is 22.5. The number of hydrogen-bond donors (Lipinski definition) is 0. The fourth-order valence-electron chi connectivity index (χ4n) is 2.56. The molecule has 0 atom stereocenters. The van der Waals surface area contributed by atoms with E-state index >= 15 is 0 Å². The molecule has 1 heterocycles. The van der Waals surface area contributed by atoms with Gasteiger partial charge in [0.1, 0.15) is 5.69 Å². The smallest absolute Gasteiger partial charge is 0.182 e. The van der Waals surface area contributed by atoms with Crippen LogP contribution in [0, 0.1) is 51.6 Å². The zero-order valence-electron chi connectivity index (χ0n) is 15.5. The van der Waals surface area contributed by atoms with E-state index in [4.69, 9.17) is 18.9 Å². The standard InChI is InChI=1S/C20H14N3.3CO.Mn/c1-3-9-16(10-4-1)19-18(15-11-7-8-12-15)21-20(23-22-19)17-13-5-2-6-14-17;3*1-2;/h1-14H;;;;. The van der Waals surface area contributed by atoms with Crippen molar-refractivity contribution in [1.82, 2.24) is 15.2 Å². The van der Waals surface area contributed by atoms with Crippen LogP contribution in [0.15, 0.2) is 60.7 Å². The summed E-state index contributed by atoms with van der Waals surface area (Å²) in [6.07, 6.45) is 8.11. The van der Waals surface area contributed by atoms with E-state index in [1.807, 2.05) is 86.3 Å². The Bertz CT molecular complexity index is 908. The first-order valence-electron chi connectivity index (χ1n) is 8.11. The van der Waals surface area contributed by atoms with Gasteiger partial charge in [-0.25, -0.2) is 4.98 Å². The molecule has 2 aromatic carbocycles. The summed E-state index contributed by atoms with van der Waals surface area (Å²) in [6, 6.07) is 20.0. The van der Waals surface area contributed by atoms with E-state index in [1.54, 1.807) is 0 Å². The maximum Gasteiger partial charge on any atom is 0.182 e. The van der Waals surface area contributed by atoms with Gasteiger partial charge in [0.15, 0.2) is 5.82 Å². The minimum absolute atomic E-state index is 0. The van der Waals surface area contributed by atoms with Crippen LogP contribution in [0.5, 0.6) is 0 Å². The Morgan fingerprint density at radius 3 is 1.53 bits per heavy atom.